The standard InChI is InChI=1S/C22H14FN3OS3/c23-12-5-7-13(8-6-12)25-21(27)20-19(24)18-14(16-3-1-9-28-16)11-15(26-22(18)30-20)17-4-2-10-29-17/h1-11H,24H2,(H,25,27). The number of aromatic nitrogens is 1. The molecular weight excluding hydrogens is 437 g/mol. The Kier molecular flexibility index (Phi) is 4.82. The molecule has 0 saturated carbocycles. The molecule has 1 amide bonds. The smallest absolute Gasteiger partial charge is 0.267 e. The number of halogens is 1. The van der Waals surface area contributed by atoms with Crippen LogP contribution in [0.2, 0.25) is 0 Å². The van der Waals surface area contributed by atoms with Crippen LogP contribution in [0.3, 0.4) is 0 Å². The van der Waals surface area contributed by atoms with E-state index in [4.69, 9.17) is 10.7 Å². The molecule has 148 valence electrons. The number of benzene rings is 1. The number of nitrogen functional groups attached to an aromatic ring is 1. The fourth-order valence-electron chi connectivity index (χ4n) is 3.19. The maximum Gasteiger partial charge on any atom is 0.267 e. The fraction of sp³-hybridized carbons (Fsp3) is 0. The van der Waals surface area contributed by atoms with Crippen molar-refractivity contribution in [2.24, 2.45) is 0 Å². The zero-order chi connectivity index (χ0) is 20.7. The van der Waals surface area contributed by atoms with E-state index in [1.165, 1.54) is 35.6 Å². The van der Waals surface area contributed by atoms with Gasteiger partial charge in [-0.15, -0.1) is 34.0 Å². The molecule has 0 atom stereocenters. The molecule has 5 aromatic rings. The summed E-state index contributed by atoms with van der Waals surface area (Å²) in [4.78, 5) is 20.9. The first kappa shape index (κ1) is 18.9. The quantitative estimate of drug-likeness (QED) is 0.318. The van der Waals surface area contributed by atoms with Gasteiger partial charge in [-0.1, -0.05) is 12.1 Å². The Balaban J connectivity index is 1.64. The number of fused-ring (bicyclic) bond motifs is 1. The van der Waals surface area contributed by atoms with Gasteiger partial charge in [-0.25, -0.2) is 9.37 Å². The number of thiophene rings is 3. The largest absolute Gasteiger partial charge is 0.397 e. The van der Waals surface area contributed by atoms with E-state index in [2.05, 4.69) is 5.32 Å². The number of nitrogens with two attached hydrogens (primary N) is 1. The number of nitrogens with zero attached hydrogens (tertiary/aromatic N) is 1. The average Bonchev–Trinajstić information content (AvgIpc) is 3.51. The van der Waals surface area contributed by atoms with E-state index in [9.17, 15) is 9.18 Å². The number of nitrogens with one attached hydrogen (secondary N) is 1. The Morgan fingerprint density at radius 2 is 1.70 bits per heavy atom. The monoisotopic (exact) mass is 451 g/mol. The lowest BCUT2D eigenvalue weighted by Crippen LogP contribution is -2.11. The molecule has 0 unspecified atom stereocenters. The number of carbonyl (C=O) groups excluding carboxylic acids is 1. The third-order valence-electron chi connectivity index (χ3n) is 4.57. The van der Waals surface area contributed by atoms with Crippen LogP contribution in [-0.4, -0.2) is 10.9 Å². The van der Waals surface area contributed by atoms with Crippen molar-refractivity contribution < 1.29 is 9.18 Å². The summed E-state index contributed by atoms with van der Waals surface area (Å²) >= 11 is 4.50. The van der Waals surface area contributed by atoms with Crippen molar-refractivity contribution in [3.63, 3.8) is 0 Å². The van der Waals surface area contributed by atoms with Crippen molar-refractivity contribution in [3.8, 4) is 21.0 Å². The molecule has 4 nitrogen and oxygen atoms in total. The maximum atomic E-state index is 13.1. The Morgan fingerprint density at radius 3 is 2.37 bits per heavy atom. The van der Waals surface area contributed by atoms with Crippen LogP contribution in [0.25, 0.3) is 31.2 Å². The SMILES string of the molecule is Nc1c(C(=O)Nc2ccc(F)cc2)sc2nc(-c3cccs3)cc(-c3cccs3)c12. The third-order valence-corrected chi connectivity index (χ3v) is 7.46. The van der Waals surface area contributed by atoms with Gasteiger partial charge in [0.05, 0.1) is 16.3 Å². The van der Waals surface area contributed by atoms with Crippen molar-refractivity contribution in [1.29, 1.82) is 0 Å². The molecule has 8 heteroatoms. The molecule has 5 rings (SSSR count). The van der Waals surface area contributed by atoms with Crippen molar-refractivity contribution in [2.75, 3.05) is 11.1 Å². The van der Waals surface area contributed by atoms with Crippen molar-refractivity contribution >= 4 is 61.5 Å². The van der Waals surface area contributed by atoms with Gasteiger partial charge in [-0.3, -0.25) is 4.79 Å². The van der Waals surface area contributed by atoms with E-state index in [-0.39, 0.29) is 11.7 Å². The fourth-order valence-corrected chi connectivity index (χ4v) is 5.64. The number of carbonyl (C=O) groups is 1. The minimum Gasteiger partial charge on any atom is -0.397 e. The summed E-state index contributed by atoms with van der Waals surface area (Å²) in [6, 6.07) is 15.7. The van der Waals surface area contributed by atoms with Crippen LogP contribution in [-0.2, 0) is 0 Å². The summed E-state index contributed by atoms with van der Waals surface area (Å²) in [5.41, 5.74) is 9.18. The second kappa shape index (κ2) is 7.64. The van der Waals surface area contributed by atoms with Gasteiger partial charge < -0.3 is 11.1 Å². The first-order chi connectivity index (χ1) is 14.6. The van der Waals surface area contributed by atoms with Crippen molar-refractivity contribution in [2.45, 2.75) is 0 Å². The van der Waals surface area contributed by atoms with Crippen molar-refractivity contribution in [1.82, 2.24) is 4.98 Å². The van der Waals surface area contributed by atoms with Crippen LogP contribution in [0.5, 0.6) is 0 Å². The van der Waals surface area contributed by atoms with Gasteiger partial charge in [-0.05, 0) is 53.2 Å². The molecule has 4 aromatic heterocycles. The molecule has 0 saturated heterocycles. The van der Waals surface area contributed by atoms with Gasteiger partial charge in [0.15, 0.2) is 0 Å². The predicted octanol–water partition coefficient (Wildman–Crippen LogP) is 6.73. The summed E-state index contributed by atoms with van der Waals surface area (Å²) in [7, 11) is 0. The Labute approximate surface area is 183 Å². The second-order valence-electron chi connectivity index (χ2n) is 6.50. The molecule has 4 heterocycles. The number of pyridine rings is 1. The summed E-state index contributed by atoms with van der Waals surface area (Å²) in [6.45, 7) is 0. The zero-order valence-corrected chi connectivity index (χ0v) is 17.8. The molecule has 0 aliphatic rings. The highest BCUT2D eigenvalue weighted by molar-refractivity contribution is 7.21. The van der Waals surface area contributed by atoms with Gasteiger partial charge in [0, 0.05) is 21.5 Å². The molecule has 0 fully saturated rings. The zero-order valence-electron chi connectivity index (χ0n) is 15.4. The number of rotatable bonds is 4. The van der Waals surface area contributed by atoms with E-state index in [1.807, 2.05) is 41.1 Å². The Bertz CT molecular complexity index is 1340. The number of anilines is 2. The van der Waals surface area contributed by atoms with Gasteiger partial charge in [0.2, 0.25) is 0 Å². The van der Waals surface area contributed by atoms with Crippen LogP contribution in [0.4, 0.5) is 15.8 Å². The number of hydrogen-bond acceptors (Lipinski definition) is 6. The van der Waals surface area contributed by atoms with E-state index < -0.39 is 0 Å². The number of hydrogen-bond donors (Lipinski definition) is 2. The molecule has 3 N–H and O–H groups in total. The molecule has 0 bridgehead atoms. The minimum absolute atomic E-state index is 0.336. The van der Waals surface area contributed by atoms with E-state index in [0.29, 0.717) is 21.1 Å². The summed E-state index contributed by atoms with van der Waals surface area (Å²) in [6.07, 6.45) is 0. The van der Waals surface area contributed by atoms with E-state index >= 15 is 0 Å². The van der Waals surface area contributed by atoms with Crippen molar-refractivity contribution in [3.05, 3.63) is 76.1 Å². The highest BCUT2D eigenvalue weighted by Crippen LogP contribution is 2.43. The van der Waals surface area contributed by atoms with Gasteiger partial charge in [-0.2, -0.15) is 0 Å². The highest BCUT2D eigenvalue weighted by atomic mass is 32.1. The van der Waals surface area contributed by atoms with Crippen LogP contribution in [0.15, 0.2) is 65.4 Å². The van der Waals surface area contributed by atoms with E-state index in [0.717, 1.165) is 26.4 Å². The first-order valence-electron chi connectivity index (χ1n) is 8.98. The van der Waals surface area contributed by atoms with Crippen LogP contribution < -0.4 is 11.1 Å². The molecule has 0 spiro atoms. The molecular formula is C22H14FN3OS3. The lowest BCUT2D eigenvalue weighted by atomic mass is 10.1. The Hall–Kier alpha value is -3.07. The first-order valence-corrected chi connectivity index (χ1v) is 11.6. The third kappa shape index (κ3) is 3.39. The van der Waals surface area contributed by atoms with E-state index in [1.54, 1.807) is 22.7 Å². The van der Waals surface area contributed by atoms with Crippen LogP contribution in [0.1, 0.15) is 9.67 Å². The molecule has 0 radical (unpaired) electrons. The second-order valence-corrected chi connectivity index (χ2v) is 9.39. The minimum atomic E-state index is -0.361. The Morgan fingerprint density at radius 1 is 1.00 bits per heavy atom. The lowest BCUT2D eigenvalue weighted by molar-refractivity contribution is 0.103. The molecule has 1 aromatic carbocycles. The van der Waals surface area contributed by atoms with Gasteiger partial charge in [0.1, 0.15) is 15.5 Å². The average molecular weight is 452 g/mol. The molecule has 0 aliphatic heterocycles. The normalized spacial score (nSPS) is 11.1. The summed E-state index contributed by atoms with van der Waals surface area (Å²) in [5.74, 6) is -0.697. The molecule has 30 heavy (non-hydrogen) atoms. The van der Waals surface area contributed by atoms with Crippen LogP contribution >= 0.6 is 34.0 Å². The topological polar surface area (TPSA) is 68.0 Å². The highest BCUT2D eigenvalue weighted by Gasteiger charge is 2.22. The lowest BCUT2D eigenvalue weighted by Gasteiger charge is -2.06. The maximum absolute atomic E-state index is 13.1. The van der Waals surface area contributed by atoms with Gasteiger partial charge in [0.25, 0.3) is 5.91 Å². The molecule has 0 aliphatic carbocycles. The number of amides is 1. The predicted molar refractivity (Wildman–Crippen MR) is 125 cm³/mol. The van der Waals surface area contributed by atoms with Crippen LogP contribution in [0, 0.1) is 5.82 Å². The summed E-state index contributed by atoms with van der Waals surface area (Å²) < 4.78 is 13.1. The summed E-state index contributed by atoms with van der Waals surface area (Å²) in [5, 5.41) is 7.59. The van der Waals surface area contributed by atoms with Gasteiger partial charge >= 0.3 is 0 Å².